The molecule has 5 nitrogen and oxygen atoms in total. The van der Waals surface area contributed by atoms with Gasteiger partial charge in [-0.1, -0.05) is 0 Å². The molecule has 0 aliphatic heterocycles. The van der Waals surface area contributed by atoms with Crippen LogP contribution in [0.25, 0.3) is 0 Å². The summed E-state index contributed by atoms with van der Waals surface area (Å²) in [6.45, 7) is -0.0137. The van der Waals surface area contributed by atoms with Gasteiger partial charge < -0.3 is 9.47 Å². The minimum absolute atomic E-state index is 0.0137. The van der Waals surface area contributed by atoms with Crippen molar-refractivity contribution in [2.75, 3.05) is 13.7 Å². The summed E-state index contributed by atoms with van der Waals surface area (Å²) in [5.74, 6) is 0.736. The molecule has 0 saturated heterocycles. The zero-order chi connectivity index (χ0) is 8.81. The fourth-order valence-corrected chi connectivity index (χ4v) is 0.633. The minimum atomic E-state index is -0.0137. The van der Waals surface area contributed by atoms with Crippen molar-refractivity contribution in [2.45, 2.75) is 0 Å². The van der Waals surface area contributed by atoms with Crippen molar-refractivity contribution in [3.8, 4) is 11.8 Å². The lowest BCUT2D eigenvalue weighted by Gasteiger charge is -2.01. The van der Waals surface area contributed by atoms with Crippen LogP contribution in [0.4, 0.5) is 0 Å². The molecular formula is C7H8N2O3. The number of nitrogens with zero attached hydrogens (tertiary/aromatic N) is 2. The Morgan fingerprint density at radius 2 is 2.25 bits per heavy atom. The predicted octanol–water partition coefficient (Wildman–Crippen LogP) is 0.0629. The van der Waals surface area contributed by atoms with E-state index in [1.54, 1.807) is 0 Å². The smallest absolute Gasteiger partial charge is 0.220 e. The standard InChI is InChI=1S/C7H8N2O3/c1-11-6-4-7(9-5-8-6)12-3-2-10/h2,4-5H,3H2,1H3. The second-order valence-electron chi connectivity index (χ2n) is 1.88. The number of aldehydes is 1. The first-order valence-corrected chi connectivity index (χ1v) is 3.29. The Balaban J connectivity index is 2.65. The van der Waals surface area contributed by atoms with Gasteiger partial charge in [-0.05, 0) is 0 Å². The monoisotopic (exact) mass is 168 g/mol. The molecule has 0 fully saturated rings. The number of hydrogen-bond donors (Lipinski definition) is 0. The van der Waals surface area contributed by atoms with Crippen LogP contribution in [-0.4, -0.2) is 30.0 Å². The van der Waals surface area contributed by atoms with Crippen LogP contribution in [0, 0.1) is 0 Å². The van der Waals surface area contributed by atoms with E-state index < -0.39 is 0 Å². The van der Waals surface area contributed by atoms with Crippen molar-refractivity contribution < 1.29 is 14.3 Å². The largest absolute Gasteiger partial charge is 0.481 e. The van der Waals surface area contributed by atoms with Crippen LogP contribution < -0.4 is 9.47 Å². The minimum Gasteiger partial charge on any atom is -0.481 e. The molecule has 0 aliphatic rings. The molecule has 0 unspecified atom stereocenters. The van der Waals surface area contributed by atoms with E-state index in [0.29, 0.717) is 18.0 Å². The topological polar surface area (TPSA) is 61.3 Å². The van der Waals surface area contributed by atoms with Gasteiger partial charge in [-0.15, -0.1) is 0 Å². The zero-order valence-electron chi connectivity index (χ0n) is 6.56. The maximum Gasteiger partial charge on any atom is 0.220 e. The van der Waals surface area contributed by atoms with Crippen molar-refractivity contribution in [3.63, 3.8) is 0 Å². The highest BCUT2D eigenvalue weighted by atomic mass is 16.5. The van der Waals surface area contributed by atoms with Crippen molar-refractivity contribution >= 4 is 6.29 Å². The number of ether oxygens (including phenoxy) is 2. The second kappa shape index (κ2) is 4.27. The van der Waals surface area contributed by atoms with Crippen molar-refractivity contribution in [1.29, 1.82) is 0 Å². The Bertz CT molecular complexity index is 265. The van der Waals surface area contributed by atoms with E-state index >= 15 is 0 Å². The van der Waals surface area contributed by atoms with Crippen molar-refractivity contribution in [2.24, 2.45) is 0 Å². The molecule has 1 aromatic rings. The Morgan fingerprint density at radius 1 is 1.50 bits per heavy atom. The SMILES string of the molecule is COc1cc(OCC=O)ncn1. The molecule has 0 N–H and O–H groups in total. The molecule has 0 bridgehead atoms. The normalized spacial score (nSPS) is 9.08. The second-order valence-corrected chi connectivity index (χ2v) is 1.88. The third-order valence-electron chi connectivity index (χ3n) is 1.13. The van der Waals surface area contributed by atoms with E-state index in [9.17, 15) is 4.79 Å². The average molecular weight is 168 g/mol. The van der Waals surface area contributed by atoms with E-state index in [0.717, 1.165) is 0 Å². The molecule has 12 heavy (non-hydrogen) atoms. The summed E-state index contributed by atoms with van der Waals surface area (Å²) in [5.41, 5.74) is 0. The van der Waals surface area contributed by atoms with Crippen LogP contribution in [0.1, 0.15) is 0 Å². The van der Waals surface area contributed by atoms with Gasteiger partial charge in [0.15, 0.2) is 6.29 Å². The molecule has 0 saturated carbocycles. The van der Waals surface area contributed by atoms with Gasteiger partial charge in [-0.2, -0.15) is 0 Å². The van der Waals surface area contributed by atoms with E-state index in [-0.39, 0.29) is 6.61 Å². The van der Waals surface area contributed by atoms with Gasteiger partial charge >= 0.3 is 0 Å². The van der Waals surface area contributed by atoms with E-state index in [2.05, 4.69) is 9.97 Å². The highest BCUT2D eigenvalue weighted by Crippen LogP contribution is 2.11. The molecule has 0 spiro atoms. The highest BCUT2D eigenvalue weighted by molar-refractivity contribution is 5.51. The quantitative estimate of drug-likeness (QED) is 0.595. The van der Waals surface area contributed by atoms with Crippen molar-refractivity contribution in [1.82, 2.24) is 9.97 Å². The van der Waals surface area contributed by atoms with Gasteiger partial charge in [-0.25, -0.2) is 9.97 Å². The Kier molecular flexibility index (Phi) is 3.01. The van der Waals surface area contributed by atoms with Gasteiger partial charge in [0.1, 0.15) is 12.9 Å². The molecule has 0 aliphatic carbocycles. The van der Waals surface area contributed by atoms with E-state index in [4.69, 9.17) is 9.47 Å². The van der Waals surface area contributed by atoms with E-state index in [1.165, 1.54) is 19.5 Å². The molecule has 1 aromatic heterocycles. The van der Waals surface area contributed by atoms with Crippen LogP contribution in [0.5, 0.6) is 11.8 Å². The maximum atomic E-state index is 9.93. The first-order valence-electron chi connectivity index (χ1n) is 3.29. The number of hydrogen-bond acceptors (Lipinski definition) is 5. The fraction of sp³-hybridized carbons (Fsp3) is 0.286. The predicted molar refractivity (Wildman–Crippen MR) is 40.1 cm³/mol. The average Bonchev–Trinajstić information content (AvgIpc) is 2.15. The molecule has 5 heteroatoms. The summed E-state index contributed by atoms with van der Waals surface area (Å²) >= 11 is 0. The zero-order valence-corrected chi connectivity index (χ0v) is 6.56. The molecule has 0 amide bonds. The number of carbonyl (C=O) groups is 1. The van der Waals surface area contributed by atoms with Gasteiger partial charge in [0.2, 0.25) is 11.8 Å². The van der Waals surface area contributed by atoms with Crippen LogP contribution in [0.15, 0.2) is 12.4 Å². The van der Waals surface area contributed by atoms with Gasteiger partial charge in [0.05, 0.1) is 13.2 Å². The Labute approximate surface area is 69.4 Å². The summed E-state index contributed by atoms with van der Waals surface area (Å²) in [6, 6.07) is 1.50. The number of carbonyl (C=O) groups excluding carboxylic acids is 1. The Morgan fingerprint density at radius 3 is 2.92 bits per heavy atom. The molecule has 64 valence electrons. The first kappa shape index (κ1) is 8.45. The Hall–Kier alpha value is -1.65. The van der Waals surface area contributed by atoms with Gasteiger partial charge in [0.25, 0.3) is 0 Å². The maximum absolute atomic E-state index is 9.93. The summed E-state index contributed by atoms with van der Waals surface area (Å²) in [7, 11) is 1.49. The summed E-state index contributed by atoms with van der Waals surface area (Å²) in [6.07, 6.45) is 1.95. The van der Waals surface area contributed by atoms with Crippen LogP contribution in [0.2, 0.25) is 0 Å². The lowest BCUT2D eigenvalue weighted by Crippen LogP contribution is -2.00. The summed E-state index contributed by atoms with van der Waals surface area (Å²) in [5, 5.41) is 0. The molecule has 0 radical (unpaired) electrons. The third kappa shape index (κ3) is 2.19. The lowest BCUT2D eigenvalue weighted by atomic mass is 10.6. The van der Waals surface area contributed by atoms with Crippen LogP contribution in [0.3, 0.4) is 0 Å². The highest BCUT2D eigenvalue weighted by Gasteiger charge is 1.97. The molecule has 1 heterocycles. The van der Waals surface area contributed by atoms with Crippen molar-refractivity contribution in [3.05, 3.63) is 12.4 Å². The first-order chi connectivity index (χ1) is 5.86. The van der Waals surface area contributed by atoms with Gasteiger partial charge in [0, 0.05) is 0 Å². The molecule has 1 rings (SSSR count). The summed E-state index contributed by atoms with van der Waals surface area (Å²) < 4.78 is 9.71. The molecule has 0 aromatic carbocycles. The molecule has 0 atom stereocenters. The number of rotatable bonds is 4. The summed E-state index contributed by atoms with van der Waals surface area (Å²) in [4.78, 5) is 17.4. The number of methoxy groups -OCH3 is 1. The van der Waals surface area contributed by atoms with Crippen LogP contribution >= 0.6 is 0 Å². The fourth-order valence-electron chi connectivity index (χ4n) is 0.633. The van der Waals surface area contributed by atoms with Crippen LogP contribution in [-0.2, 0) is 4.79 Å². The third-order valence-corrected chi connectivity index (χ3v) is 1.13. The van der Waals surface area contributed by atoms with E-state index in [1.807, 2.05) is 0 Å². The number of aromatic nitrogens is 2. The lowest BCUT2D eigenvalue weighted by molar-refractivity contribution is -0.109. The van der Waals surface area contributed by atoms with Gasteiger partial charge in [-0.3, -0.25) is 4.79 Å². The molecular weight excluding hydrogens is 160 g/mol.